The second-order valence-corrected chi connectivity index (χ2v) is 8.95. The van der Waals surface area contributed by atoms with Gasteiger partial charge in [0.2, 0.25) is 5.91 Å². The number of nitrogens with one attached hydrogen (secondary N) is 3. The summed E-state index contributed by atoms with van der Waals surface area (Å²) in [5.74, 6) is 0.551. The highest BCUT2D eigenvalue weighted by atomic mass is 16.1. The first-order valence-electron chi connectivity index (χ1n) is 12.3. The topological polar surface area (TPSA) is 141 Å². The molecule has 192 valence electrons. The van der Waals surface area contributed by atoms with Gasteiger partial charge in [0.15, 0.2) is 11.5 Å². The van der Waals surface area contributed by atoms with Gasteiger partial charge in [0.25, 0.3) is 0 Å². The number of fused-ring (bicyclic) bond motifs is 2. The fourth-order valence-electron chi connectivity index (χ4n) is 4.15. The molecule has 0 aliphatic heterocycles. The number of nitrogens with zero attached hydrogens (tertiary/aromatic N) is 7. The number of rotatable bonds is 9. The number of H-pyrrole nitrogens is 2. The van der Waals surface area contributed by atoms with Crippen LogP contribution in [0.1, 0.15) is 33.1 Å². The number of anilines is 2. The van der Waals surface area contributed by atoms with Gasteiger partial charge in [-0.15, -0.1) is 0 Å². The van der Waals surface area contributed by atoms with Gasteiger partial charge in [-0.3, -0.25) is 24.9 Å². The molecule has 0 spiro atoms. The van der Waals surface area contributed by atoms with Crippen LogP contribution in [0.25, 0.3) is 44.8 Å². The first-order valence-corrected chi connectivity index (χ1v) is 12.3. The van der Waals surface area contributed by atoms with Crippen molar-refractivity contribution in [3.63, 3.8) is 0 Å². The molecule has 0 aliphatic carbocycles. The summed E-state index contributed by atoms with van der Waals surface area (Å²) < 4.78 is 0. The predicted octanol–water partition coefficient (Wildman–Crippen LogP) is 5.09. The third-order valence-corrected chi connectivity index (χ3v) is 6.12. The number of carbonyl (C=O) groups excluding carboxylic acids is 1. The quantitative estimate of drug-likeness (QED) is 0.236. The summed E-state index contributed by atoms with van der Waals surface area (Å²) in [4.78, 5) is 39.5. The van der Waals surface area contributed by atoms with Crippen LogP contribution in [-0.4, -0.2) is 54.8 Å². The van der Waals surface area contributed by atoms with Crippen LogP contribution in [0.4, 0.5) is 11.4 Å². The molecule has 0 aliphatic rings. The zero-order valence-electron chi connectivity index (χ0n) is 21.5. The highest BCUT2D eigenvalue weighted by molar-refractivity contribution is 5.96. The predicted molar refractivity (Wildman–Crippen MR) is 150 cm³/mol. The lowest BCUT2D eigenvalue weighted by atomic mass is 10.1. The maximum Gasteiger partial charge on any atom is 0.224 e. The molecule has 0 bridgehead atoms. The van der Waals surface area contributed by atoms with E-state index in [0.29, 0.717) is 40.5 Å². The molecule has 38 heavy (non-hydrogen) atoms. The van der Waals surface area contributed by atoms with Crippen LogP contribution in [0, 0.1) is 0 Å². The summed E-state index contributed by atoms with van der Waals surface area (Å²) in [5.41, 5.74) is 6.52. The van der Waals surface area contributed by atoms with E-state index < -0.39 is 0 Å². The molecule has 0 aromatic carbocycles. The minimum absolute atomic E-state index is 0.0266. The van der Waals surface area contributed by atoms with E-state index in [2.05, 4.69) is 54.1 Å². The number of imidazole rings is 1. The Morgan fingerprint density at radius 3 is 2.92 bits per heavy atom. The number of aromatic amines is 2. The van der Waals surface area contributed by atoms with Crippen LogP contribution in [-0.2, 0) is 4.79 Å². The average Bonchev–Trinajstić information content (AvgIpc) is 3.55. The van der Waals surface area contributed by atoms with E-state index >= 15 is 0 Å². The Kier molecular flexibility index (Phi) is 6.90. The number of hydrogen-bond acceptors (Lipinski definition) is 8. The molecular weight excluding hydrogens is 480 g/mol. The summed E-state index contributed by atoms with van der Waals surface area (Å²) in [7, 11) is 1.92. The maximum absolute atomic E-state index is 12.2. The fraction of sp³-hybridized carbons (Fsp3) is 0.222. The molecule has 3 N–H and O–H groups in total. The van der Waals surface area contributed by atoms with Crippen LogP contribution < -0.4 is 10.2 Å². The van der Waals surface area contributed by atoms with Crippen LogP contribution >= 0.6 is 0 Å². The number of carbonyl (C=O) groups is 1. The van der Waals surface area contributed by atoms with E-state index in [4.69, 9.17) is 4.98 Å². The Morgan fingerprint density at radius 2 is 2.11 bits per heavy atom. The molecule has 0 saturated carbocycles. The molecule has 5 aromatic heterocycles. The van der Waals surface area contributed by atoms with E-state index in [0.717, 1.165) is 40.7 Å². The van der Waals surface area contributed by atoms with E-state index in [1.165, 1.54) is 0 Å². The van der Waals surface area contributed by atoms with Crippen LogP contribution in [0.2, 0.25) is 0 Å². The van der Waals surface area contributed by atoms with Gasteiger partial charge < -0.3 is 15.2 Å². The van der Waals surface area contributed by atoms with Gasteiger partial charge in [-0.05, 0) is 38.3 Å². The molecule has 0 unspecified atom stereocenters. The standard InChI is InChI=1S/C27H28N10O/c1-5-6-7-23(38)32-18-10-17(12-29-13-18)20-11-19-21(14-31-20)35-36-24(19)27-33-25-22(8-9-30-26(25)34-27)37(4)15-16(2)28-3/h8-15H,3,5-7H2,1-2,4H3,(H,32,38)(H,35,36)(H,30,33,34)/b16-15-. The van der Waals surface area contributed by atoms with E-state index in [9.17, 15) is 4.79 Å². The van der Waals surface area contributed by atoms with E-state index in [1.54, 1.807) is 24.8 Å². The van der Waals surface area contributed by atoms with Crippen molar-refractivity contribution < 1.29 is 4.79 Å². The number of amides is 1. The van der Waals surface area contributed by atoms with Crippen molar-refractivity contribution >= 4 is 46.1 Å². The molecule has 0 radical (unpaired) electrons. The fourth-order valence-corrected chi connectivity index (χ4v) is 4.15. The van der Waals surface area contributed by atoms with Crippen molar-refractivity contribution in [2.45, 2.75) is 33.1 Å². The minimum Gasteiger partial charge on any atom is -0.347 e. The number of aromatic nitrogens is 7. The second kappa shape index (κ2) is 10.6. The zero-order valence-corrected chi connectivity index (χ0v) is 21.5. The second-order valence-electron chi connectivity index (χ2n) is 8.95. The summed E-state index contributed by atoms with van der Waals surface area (Å²) in [6.07, 6.45) is 11.0. The maximum atomic E-state index is 12.2. The largest absolute Gasteiger partial charge is 0.347 e. The SMILES string of the molecule is C=N/C(C)=C\N(C)c1ccnc2[nH]c(-c3n[nH]c4cnc(-c5cncc(NC(=O)CCCC)c5)cc34)nc12. The Morgan fingerprint density at radius 1 is 1.24 bits per heavy atom. The van der Waals surface area contributed by atoms with Gasteiger partial charge >= 0.3 is 0 Å². The molecule has 0 atom stereocenters. The number of aliphatic imine (C=N–C) groups is 1. The third kappa shape index (κ3) is 4.99. The van der Waals surface area contributed by atoms with Gasteiger partial charge in [-0.25, -0.2) is 9.97 Å². The van der Waals surface area contributed by atoms with Gasteiger partial charge in [0.1, 0.15) is 11.2 Å². The average molecular weight is 509 g/mol. The minimum atomic E-state index is -0.0266. The third-order valence-electron chi connectivity index (χ3n) is 6.12. The highest BCUT2D eigenvalue weighted by Crippen LogP contribution is 2.31. The molecule has 5 heterocycles. The molecule has 5 aromatic rings. The molecule has 11 nitrogen and oxygen atoms in total. The number of hydrogen-bond donors (Lipinski definition) is 3. The summed E-state index contributed by atoms with van der Waals surface area (Å²) in [6, 6.07) is 5.69. The number of pyridine rings is 3. The summed E-state index contributed by atoms with van der Waals surface area (Å²) in [5, 5.41) is 11.3. The molecular formula is C27H28N10O. The van der Waals surface area contributed by atoms with Crippen LogP contribution in [0.5, 0.6) is 0 Å². The lowest BCUT2D eigenvalue weighted by molar-refractivity contribution is -0.116. The van der Waals surface area contributed by atoms with Crippen molar-refractivity contribution in [3.05, 3.63) is 54.9 Å². The molecule has 1 amide bonds. The Bertz CT molecular complexity index is 1670. The lowest BCUT2D eigenvalue weighted by Crippen LogP contribution is -2.11. The first-order chi connectivity index (χ1) is 18.5. The van der Waals surface area contributed by atoms with E-state index in [-0.39, 0.29) is 5.91 Å². The summed E-state index contributed by atoms with van der Waals surface area (Å²) >= 11 is 0. The summed E-state index contributed by atoms with van der Waals surface area (Å²) in [6.45, 7) is 7.51. The Labute approximate surface area is 219 Å². The monoisotopic (exact) mass is 508 g/mol. The molecule has 5 rings (SSSR count). The lowest BCUT2D eigenvalue weighted by Gasteiger charge is -2.14. The van der Waals surface area contributed by atoms with Crippen molar-refractivity contribution in [3.8, 4) is 22.8 Å². The Balaban J connectivity index is 1.50. The van der Waals surface area contributed by atoms with Gasteiger partial charge in [0.05, 0.1) is 40.7 Å². The number of allylic oxidation sites excluding steroid dienone is 1. The molecule has 0 fully saturated rings. The van der Waals surface area contributed by atoms with Crippen molar-refractivity contribution in [2.24, 2.45) is 4.99 Å². The Hall–Kier alpha value is -4.93. The van der Waals surface area contributed by atoms with Crippen molar-refractivity contribution in [1.82, 2.24) is 35.1 Å². The van der Waals surface area contributed by atoms with Gasteiger partial charge in [-0.1, -0.05) is 13.3 Å². The smallest absolute Gasteiger partial charge is 0.224 e. The zero-order chi connectivity index (χ0) is 26.6. The number of unbranched alkanes of at least 4 members (excludes halogenated alkanes) is 1. The highest BCUT2D eigenvalue weighted by Gasteiger charge is 2.17. The van der Waals surface area contributed by atoms with Crippen molar-refractivity contribution in [1.29, 1.82) is 0 Å². The van der Waals surface area contributed by atoms with Gasteiger partial charge in [0, 0.05) is 43.0 Å². The normalized spacial score (nSPS) is 11.7. The van der Waals surface area contributed by atoms with Crippen LogP contribution in [0.15, 0.2) is 59.9 Å². The van der Waals surface area contributed by atoms with Crippen LogP contribution in [0.3, 0.4) is 0 Å². The molecule has 11 heteroatoms. The van der Waals surface area contributed by atoms with E-state index in [1.807, 2.05) is 43.3 Å². The molecule has 0 saturated heterocycles. The first kappa shape index (κ1) is 24.8. The van der Waals surface area contributed by atoms with Crippen molar-refractivity contribution in [2.75, 3.05) is 17.3 Å². The van der Waals surface area contributed by atoms with Gasteiger partial charge in [-0.2, -0.15) is 5.10 Å².